The number of hydrogen-bond donors (Lipinski definition) is 2. The summed E-state index contributed by atoms with van der Waals surface area (Å²) in [6, 6.07) is 0.612. The van der Waals surface area contributed by atoms with Gasteiger partial charge >= 0.3 is 0 Å². The minimum atomic E-state index is -0.282. The van der Waals surface area contributed by atoms with Crippen LogP contribution in [0.1, 0.15) is 20.3 Å². The van der Waals surface area contributed by atoms with Gasteiger partial charge in [0.25, 0.3) is 0 Å². The van der Waals surface area contributed by atoms with Gasteiger partial charge in [-0.05, 0) is 20.3 Å². The fourth-order valence-electron chi connectivity index (χ4n) is 1.18. The summed E-state index contributed by atoms with van der Waals surface area (Å²) < 4.78 is 5.19. The monoisotopic (exact) mass is 159 g/mol. The van der Waals surface area contributed by atoms with Gasteiger partial charge in [-0.25, -0.2) is 0 Å². The standard InChI is InChI=1S/C8H17NO2/c1-6(7(2)10)9-8-3-4-11-5-8/h6-10H,3-5H2,1-2H3. The number of hydrogen-bond acceptors (Lipinski definition) is 3. The maximum atomic E-state index is 9.18. The molecule has 0 aliphatic carbocycles. The summed E-state index contributed by atoms with van der Waals surface area (Å²) in [5.74, 6) is 0. The lowest BCUT2D eigenvalue weighted by molar-refractivity contribution is 0.139. The topological polar surface area (TPSA) is 41.5 Å². The van der Waals surface area contributed by atoms with Gasteiger partial charge in [0.1, 0.15) is 0 Å². The zero-order valence-corrected chi connectivity index (χ0v) is 7.21. The molecule has 0 aromatic carbocycles. The minimum absolute atomic E-state index is 0.168. The molecule has 2 N–H and O–H groups in total. The Kier molecular flexibility index (Phi) is 3.30. The van der Waals surface area contributed by atoms with Gasteiger partial charge in [0, 0.05) is 18.7 Å². The molecule has 3 atom stereocenters. The van der Waals surface area contributed by atoms with Crippen molar-refractivity contribution < 1.29 is 9.84 Å². The molecule has 0 saturated carbocycles. The summed E-state index contributed by atoms with van der Waals surface area (Å²) in [5.41, 5.74) is 0. The summed E-state index contributed by atoms with van der Waals surface area (Å²) in [6.45, 7) is 5.43. The van der Waals surface area contributed by atoms with E-state index in [9.17, 15) is 5.11 Å². The molecule has 0 amide bonds. The Morgan fingerprint density at radius 2 is 2.27 bits per heavy atom. The van der Waals surface area contributed by atoms with Crippen molar-refractivity contribution in [3.05, 3.63) is 0 Å². The number of rotatable bonds is 3. The van der Waals surface area contributed by atoms with Crippen molar-refractivity contribution in [3.63, 3.8) is 0 Å². The van der Waals surface area contributed by atoms with E-state index in [1.54, 1.807) is 6.92 Å². The zero-order chi connectivity index (χ0) is 8.27. The fraction of sp³-hybridized carbons (Fsp3) is 1.00. The summed E-state index contributed by atoms with van der Waals surface area (Å²) in [7, 11) is 0. The molecular weight excluding hydrogens is 142 g/mol. The summed E-state index contributed by atoms with van der Waals surface area (Å²) >= 11 is 0. The molecule has 0 spiro atoms. The van der Waals surface area contributed by atoms with Crippen LogP contribution in [-0.2, 0) is 4.74 Å². The molecule has 0 aromatic heterocycles. The van der Waals surface area contributed by atoms with Crippen LogP contribution in [0.4, 0.5) is 0 Å². The zero-order valence-electron chi connectivity index (χ0n) is 7.21. The van der Waals surface area contributed by atoms with E-state index in [-0.39, 0.29) is 12.1 Å². The molecule has 1 aliphatic heterocycles. The van der Waals surface area contributed by atoms with Crippen LogP contribution in [-0.4, -0.2) is 36.5 Å². The van der Waals surface area contributed by atoms with Crippen LogP contribution < -0.4 is 5.32 Å². The van der Waals surface area contributed by atoms with Crippen molar-refractivity contribution in [2.45, 2.75) is 38.5 Å². The van der Waals surface area contributed by atoms with Gasteiger partial charge in [0.15, 0.2) is 0 Å². The van der Waals surface area contributed by atoms with Crippen LogP contribution >= 0.6 is 0 Å². The summed E-state index contributed by atoms with van der Waals surface area (Å²) in [5, 5.41) is 12.5. The average molecular weight is 159 g/mol. The Morgan fingerprint density at radius 3 is 2.73 bits per heavy atom. The second-order valence-corrected chi connectivity index (χ2v) is 3.26. The molecule has 1 aliphatic rings. The predicted octanol–water partition coefficient (Wildman–Crippen LogP) is 0.134. The molecule has 11 heavy (non-hydrogen) atoms. The normalized spacial score (nSPS) is 30.3. The summed E-state index contributed by atoms with van der Waals surface area (Å²) in [6.07, 6.45) is 0.785. The minimum Gasteiger partial charge on any atom is -0.392 e. The molecule has 3 heteroatoms. The fourth-order valence-corrected chi connectivity index (χ4v) is 1.18. The first-order chi connectivity index (χ1) is 5.20. The van der Waals surface area contributed by atoms with E-state index in [0.717, 1.165) is 19.6 Å². The third-order valence-electron chi connectivity index (χ3n) is 2.15. The second-order valence-electron chi connectivity index (χ2n) is 3.26. The van der Waals surface area contributed by atoms with Crippen LogP contribution in [0.3, 0.4) is 0 Å². The third-order valence-corrected chi connectivity index (χ3v) is 2.15. The van der Waals surface area contributed by atoms with Crippen molar-refractivity contribution in [1.29, 1.82) is 0 Å². The molecule has 0 radical (unpaired) electrons. The van der Waals surface area contributed by atoms with E-state index < -0.39 is 0 Å². The average Bonchev–Trinajstić information content (AvgIpc) is 2.39. The maximum absolute atomic E-state index is 9.18. The number of ether oxygens (including phenoxy) is 1. The highest BCUT2D eigenvalue weighted by Gasteiger charge is 2.19. The van der Waals surface area contributed by atoms with Crippen molar-refractivity contribution >= 4 is 0 Å². The van der Waals surface area contributed by atoms with Crippen LogP contribution in [0, 0.1) is 0 Å². The van der Waals surface area contributed by atoms with Gasteiger partial charge in [-0.3, -0.25) is 0 Å². The Bertz CT molecular complexity index is 111. The summed E-state index contributed by atoms with van der Waals surface area (Å²) in [4.78, 5) is 0. The first-order valence-corrected chi connectivity index (χ1v) is 4.22. The highest BCUT2D eigenvalue weighted by atomic mass is 16.5. The van der Waals surface area contributed by atoms with E-state index in [0.29, 0.717) is 6.04 Å². The molecule has 1 heterocycles. The molecule has 1 rings (SSSR count). The van der Waals surface area contributed by atoms with E-state index in [4.69, 9.17) is 4.74 Å². The highest BCUT2D eigenvalue weighted by Crippen LogP contribution is 2.05. The molecule has 3 unspecified atom stereocenters. The number of aliphatic hydroxyl groups is 1. The van der Waals surface area contributed by atoms with E-state index in [2.05, 4.69) is 5.32 Å². The van der Waals surface area contributed by atoms with E-state index >= 15 is 0 Å². The van der Waals surface area contributed by atoms with Crippen molar-refractivity contribution in [2.75, 3.05) is 13.2 Å². The SMILES string of the molecule is CC(O)C(C)NC1CCOC1. The quantitative estimate of drug-likeness (QED) is 0.615. The largest absolute Gasteiger partial charge is 0.392 e. The van der Waals surface area contributed by atoms with Gasteiger partial charge in [0.2, 0.25) is 0 Å². The molecule has 3 nitrogen and oxygen atoms in total. The van der Waals surface area contributed by atoms with E-state index in [1.807, 2.05) is 6.92 Å². The lowest BCUT2D eigenvalue weighted by Crippen LogP contribution is -2.42. The van der Waals surface area contributed by atoms with Gasteiger partial charge < -0.3 is 15.2 Å². The number of aliphatic hydroxyl groups excluding tert-OH is 1. The Hall–Kier alpha value is -0.120. The van der Waals surface area contributed by atoms with Gasteiger partial charge in [0.05, 0.1) is 12.7 Å². The van der Waals surface area contributed by atoms with Gasteiger partial charge in [-0.2, -0.15) is 0 Å². The predicted molar refractivity (Wildman–Crippen MR) is 43.5 cm³/mol. The first kappa shape index (κ1) is 8.97. The third kappa shape index (κ3) is 2.77. The van der Waals surface area contributed by atoms with Gasteiger partial charge in [-0.1, -0.05) is 0 Å². The van der Waals surface area contributed by atoms with Crippen molar-refractivity contribution in [2.24, 2.45) is 0 Å². The van der Waals surface area contributed by atoms with Crippen molar-refractivity contribution in [3.8, 4) is 0 Å². The maximum Gasteiger partial charge on any atom is 0.0662 e. The molecule has 0 aromatic rings. The van der Waals surface area contributed by atoms with E-state index in [1.165, 1.54) is 0 Å². The smallest absolute Gasteiger partial charge is 0.0662 e. The Morgan fingerprint density at radius 1 is 1.55 bits per heavy atom. The number of nitrogens with one attached hydrogen (secondary N) is 1. The Labute approximate surface area is 67.7 Å². The van der Waals surface area contributed by atoms with Crippen LogP contribution in [0.15, 0.2) is 0 Å². The second kappa shape index (κ2) is 4.04. The Balaban J connectivity index is 2.18. The van der Waals surface area contributed by atoms with Crippen LogP contribution in [0.25, 0.3) is 0 Å². The van der Waals surface area contributed by atoms with Crippen LogP contribution in [0.2, 0.25) is 0 Å². The molecule has 1 saturated heterocycles. The highest BCUT2D eigenvalue weighted by molar-refractivity contribution is 4.77. The van der Waals surface area contributed by atoms with Crippen molar-refractivity contribution in [1.82, 2.24) is 5.32 Å². The molecule has 0 bridgehead atoms. The van der Waals surface area contributed by atoms with Gasteiger partial charge in [-0.15, -0.1) is 0 Å². The van der Waals surface area contributed by atoms with Crippen LogP contribution in [0.5, 0.6) is 0 Å². The lowest BCUT2D eigenvalue weighted by Gasteiger charge is -2.20. The molecule has 66 valence electrons. The molecular formula is C8H17NO2. The molecule has 1 fully saturated rings. The first-order valence-electron chi connectivity index (χ1n) is 4.22. The lowest BCUT2D eigenvalue weighted by atomic mass is 10.1.